The fourth-order valence-corrected chi connectivity index (χ4v) is 2.68. The number of nitrogens with zero attached hydrogens (tertiary/aromatic N) is 3. The van der Waals surface area contributed by atoms with Crippen molar-refractivity contribution in [1.29, 1.82) is 0 Å². The maximum absolute atomic E-state index is 12.2. The molecule has 2 heterocycles. The molecule has 0 bridgehead atoms. The molecule has 0 aliphatic carbocycles. The number of carbonyl (C=O) groups excluding carboxylic acids is 1. The molecule has 0 spiro atoms. The van der Waals surface area contributed by atoms with E-state index in [0.29, 0.717) is 36.7 Å². The van der Waals surface area contributed by atoms with Crippen molar-refractivity contribution in [3.8, 4) is 0 Å². The van der Waals surface area contributed by atoms with E-state index < -0.39 is 0 Å². The summed E-state index contributed by atoms with van der Waals surface area (Å²) in [5, 5.41) is 2.92. The summed E-state index contributed by atoms with van der Waals surface area (Å²) < 4.78 is 0. The van der Waals surface area contributed by atoms with Crippen LogP contribution in [0.15, 0.2) is 4.79 Å². The van der Waals surface area contributed by atoms with Crippen molar-refractivity contribution in [3.05, 3.63) is 27.4 Å². The van der Waals surface area contributed by atoms with Crippen LogP contribution in [0.1, 0.15) is 37.4 Å². The molecule has 0 saturated heterocycles. The molecule has 1 aliphatic rings. The maximum atomic E-state index is 12.2. The van der Waals surface area contributed by atoms with Gasteiger partial charge in [0.1, 0.15) is 5.82 Å². The predicted molar refractivity (Wildman–Crippen MR) is 84.6 cm³/mol. The molecule has 2 rings (SSSR count). The Morgan fingerprint density at radius 1 is 1.36 bits per heavy atom. The number of amides is 2. The molecule has 0 atom stereocenters. The number of carbonyl (C=O) groups is 1. The molecular formula is C15H25N5O2. The van der Waals surface area contributed by atoms with Gasteiger partial charge in [0.05, 0.1) is 24.3 Å². The molecule has 0 radical (unpaired) electrons. The van der Waals surface area contributed by atoms with E-state index >= 15 is 0 Å². The lowest BCUT2D eigenvalue weighted by Gasteiger charge is -2.19. The summed E-state index contributed by atoms with van der Waals surface area (Å²) in [4.78, 5) is 34.9. The van der Waals surface area contributed by atoms with Gasteiger partial charge in [0.25, 0.3) is 5.56 Å². The number of hydrogen-bond donors (Lipinski definition) is 2. The van der Waals surface area contributed by atoms with Gasteiger partial charge in [-0.25, -0.2) is 9.78 Å². The predicted octanol–water partition coefficient (Wildman–Crippen LogP) is 0.835. The number of urea groups is 1. The van der Waals surface area contributed by atoms with Crippen LogP contribution in [0, 0.1) is 6.92 Å². The highest BCUT2D eigenvalue weighted by Crippen LogP contribution is 2.17. The van der Waals surface area contributed by atoms with Gasteiger partial charge >= 0.3 is 6.03 Å². The average molecular weight is 307 g/mol. The zero-order chi connectivity index (χ0) is 16.1. The molecule has 22 heavy (non-hydrogen) atoms. The number of aromatic amines is 1. The minimum atomic E-state index is -0.140. The summed E-state index contributed by atoms with van der Waals surface area (Å²) in [5.74, 6) is 0.588. The molecule has 1 aromatic rings. The third kappa shape index (κ3) is 3.85. The zero-order valence-corrected chi connectivity index (χ0v) is 13.6. The number of rotatable bonds is 6. The summed E-state index contributed by atoms with van der Waals surface area (Å²) in [6, 6.07) is -0.130. The van der Waals surface area contributed by atoms with E-state index in [1.165, 1.54) is 0 Å². The van der Waals surface area contributed by atoms with Crippen LogP contribution < -0.4 is 10.9 Å². The average Bonchev–Trinajstić information content (AvgIpc) is 2.91. The van der Waals surface area contributed by atoms with Gasteiger partial charge in [0.15, 0.2) is 0 Å². The van der Waals surface area contributed by atoms with Crippen LogP contribution >= 0.6 is 0 Å². The SMILES string of the molecule is CCN(CC)CCCNC(=O)N1Cc2nc(C)[nH]c(=O)c2C1. The van der Waals surface area contributed by atoms with E-state index in [2.05, 4.69) is 34.0 Å². The Morgan fingerprint density at radius 3 is 2.77 bits per heavy atom. The van der Waals surface area contributed by atoms with Crippen molar-refractivity contribution in [3.63, 3.8) is 0 Å². The molecule has 122 valence electrons. The molecular weight excluding hydrogens is 282 g/mol. The third-order valence-corrected chi connectivity index (χ3v) is 4.02. The highest BCUT2D eigenvalue weighted by molar-refractivity contribution is 5.74. The quantitative estimate of drug-likeness (QED) is 0.763. The normalized spacial score (nSPS) is 13.5. The Bertz CT molecular complexity index is 580. The monoisotopic (exact) mass is 307 g/mol. The number of H-pyrrole nitrogens is 1. The highest BCUT2D eigenvalue weighted by atomic mass is 16.2. The van der Waals surface area contributed by atoms with Crippen molar-refractivity contribution in [2.45, 2.75) is 40.3 Å². The first-order valence-corrected chi connectivity index (χ1v) is 7.89. The lowest BCUT2D eigenvalue weighted by Crippen LogP contribution is -2.38. The second-order valence-corrected chi connectivity index (χ2v) is 5.55. The Morgan fingerprint density at radius 2 is 2.09 bits per heavy atom. The minimum Gasteiger partial charge on any atom is -0.338 e. The van der Waals surface area contributed by atoms with Gasteiger partial charge in [0, 0.05) is 6.54 Å². The molecule has 2 N–H and O–H groups in total. The largest absolute Gasteiger partial charge is 0.338 e. The summed E-state index contributed by atoms with van der Waals surface area (Å²) >= 11 is 0. The maximum Gasteiger partial charge on any atom is 0.318 e. The van der Waals surface area contributed by atoms with Crippen molar-refractivity contribution >= 4 is 6.03 Å². The van der Waals surface area contributed by atoms with Gasteiger partial charge in [-0.05, 0) is 33.0 Å². The molecule has 0 fully saturated rings. The Hall–Kier alpha value is -1.89. The summed E-state index contributed by atoms with van der Waals surface area (Å²) in [6.07, 6.45) is 0.923. The smallest absolute Gasteiger partial charge is 0.318 e. The Balaban J connectivity index is 1.81. The molecule has 7 nitrogen and oxygen atoms in total. The van der Waals surface area contributed by atoms with Crippen molar-refractivity contribution in [2.75, 3.05) is 26.2 Å². The summed E-state index contributed by atoms with van der Waals surface area (Å²) in [5.41, 5.74) is 1.17. The van der Waals surface area contributed by atoms with Gasteiger partial charge in [0.2, 0.25) is 0 Å². The third-order valence-electron chi connectivity index (χ3n) is 4.02. The van der Waals surface area contributed by atoms with Crippen LogP contribution in [0.2, 0.25) is 0 Å². The van der Waals surface area contributed by atoms with E-state index in [-0.39, 0.29) is 11.6 Å². The fourth-order valence-electron chi connectivity index (χ4n) is 2.68. The van der Waals surface area contributed by atoms with E-state index in [1.54, 1.807) is 11.8 Å². The van der Waals surface area contributed by atoms with Crippen molar-refractivity contribution in [2.24, 2.45) is 0 Å². The second-order valence-electron chi connectivity index (χ2n) is 5.55. The number of aromatic nitrogens is 2. The van der Waals surface area contributed by atoms with Gasteiger partial charge in [-0.2, -0.15) is 0 Å². The molecule has 2 amide bonds. The number of aryl methyl sites for hydroxylation is 1. The number of nitrogens with one attached hydrogen (secondary N) is 2. The highest BCUT2D eigenvalue weighted by Gasteiger charge is 2.26. The van der Waals surface area contributed by atoms with Crippen LogP contribution in [-0.4, -0.2) is 52.0 Å². The van der Waals surface area contributed by atoms with Crippen LogP contribution in [-0.2, 0) is 13.1 Å². The van der Waals surface area contributed by atoms with Gasteiger partial charge in [-0.15, -0.1) is 0 Å². The van der Waals surface area contributed by atoms with Crippen molar-refractivity contribution in [1.82, 2.24) is 25.1 Å². The molecule has 0 aromatic carbocycles. The van der Waals surface area contributed by atoms with Crippen LogP contribution in [0.4, 0.5) is 4.79 Å². The minimum absolute atomic E-state index is 0.130. The lowest BCUT2D eigenvalue weighted by atomic mass is 10.3. The van der Waals surface area contributed by atoms with Crippen LogP contribution in [0.3, 0.4) is 0 Å². The molecule has 0 unspecified atom stereocenters. The first-order chi connectivity index (χ1) is 10.5. The molecule has 1 aliphatic heterocycles. The summed E-state index contributed by atoms with van der Waals surface area (Å²) in [7, 11) is 0. The van der Waals surface area contributed by atoms with Crippen LogP contribution in [0.5, 0.6) is 0 Å². The number of hydrogen-bond acceptors (Lipinski definition) is 4. The molecule has 7 heteroatoms. The standard InChI is InChI=1S/C15H25N5O2/c1-4-19(5-2)8-6-7-16-15(22)20-9-12-13(10-20)17-11(3)18-14(12)21/h4-10H2,1-3H3,(H,16,22)(H,17,18,21). The van der Waals surface area contributed by atoms with E-state index in [9.17, 15) is 9.59 Å². The molecule has 1 aromatic heterocycles. The van der Waals surface area contributed by atoms with Gasteiger partial charge in [-0.3, -0.25) is 4.79 Å². The summed E-state index contributed by atoms with van der Waals surface area (Å²) in [6.45, 7) is 10.4. The van der Waals surface area contributed by atoms with E-state index in [1.807, 2.05) is 0 Å². The second kappa shape index (κ2) is 7.40. The first-order valence-electron chi connectivity index (χ1n) is 7.89. The Kier molecular flexibility index (Phi) is 5.54. The van der Waals surface area contributed by atoms with E-state index in [4.69, 9.17) is 0 Å². The Labute approximate surface area is 130 Å². The lowest BCUT2D eigenvalue weighted by molar-refractivity contribution is 0.197. The molecule has 0 saturated carbocycles. The van der Waals surface area contributed by atoms with Crippen LogP contribution in [0.25, 0.3) is 0 Å². The van der Waals surface area contributed by atoms with Crippen molar-refractivity contribution < 1.29 is 4.79 Å². The van der Waals surface area contributed by atoms with E-state index in [0.717, 1.165) is 26.1 Å². The number of fused-ring (bicyclic) bond motifs is 1. The zero-order valence-electron chi connectivity index (χ0n) is 13.6. The topological polar surface area (TPSA) is 81.3 Å². The van der Waals surface area contributed by atoms with Gasteiger partial charge < -0.3 is 20.1 Å². The fraction of sp³-hybridized carbons (Fsp3) is 0.667. The van der Waals surface area contributed by atoms with Gasteiger partial charge in [-0.1, -0.05) is 13.8 Å². The first kappa shape index (κ1) is 16.5.